The van der Waals surface area contributed by atoms with Gasteiger partial charge in [-0.25, -0.2) is 4.98 Å². The summed E-state index contributed by atoms with van der Waals surface area (Å²) in [5, 5.41) is 2.35. The summed E-state index contributed by atoms with van der Waals surface area (Å²) in [7, 11) is 1.32. The Kier molecular flexibility index (Phi) is 7.15. The molecule has 4 nitrogen and oxygen atoms in total. The number of benzene rings is 2. The van der Waals surface area contributed by atoms with Crippen LogP contribution < -0.4 is 5.32 Å². The highest BCUT2D eigenvalue weighted by Crippen LogP contribution is 2.33. The third kappa shape index (κ3) is 4.84. The number of imidazole rings is 1. The van der Waals surface area contributed by atoms with Crippen molar-refractivity contribution in [3.05, 3.63) is 54.1 Å². The lowest BCUT2D eigenvalue weighted by molar-refractivity contribution is -0.156. The Morgan fingerprint density at radius 1 is 1.03 bits per heavy atom. The van der Waals surface area contributed by atoms with Gasteiger partial charge in [0.15, 0.2) is 0 Å². The van der Waals surface area contributed by atoms with Gasteiger partial charge < -0.3 is 14.8 Å². The van der Waals surface area contributed by atoms with Crippen molar-refractivity contribution in [2.24, 2.45) is 0 Å². The maximum absolute atomic E-state index is 13.2. The summed E-state index contributed by atoms with van der Waals surface area (Å²) in [6.45, 7) is 8.14. The Balaban J connectivity index is 1.91. The van der Waals surface area contributed by atoms with Crippen LogP contribution in [-0.2, 0) is 6.54 Å². The van der Waals surface area contributed by atoms with E-state index in [1.54, 1.807) is 12.1 Å². The number of halogens is 3. The second-order valence-electron chi connectivity index (χ2n) is 7.34. The van der Waals surface area contributed by atoms with Crippen LogP contribution in [0, 0.1) is 0 Å². The lowest BCUT2D eigenvalue weighted by Gasteiger charge is -2.20. The average molecular weight is 419 g/mol. The van der Waals surface area contributed by atoms with E-state index >= 15 is 0 Å². The number of para-hydroxylation sites is 2. The molecule has 0 aliphatic rings. The number of nitrogens with one attached hydrogen (secondary N) is 1. The van der Waals surface area contributed by atoms with Gasteiger partial charge in [-0.2, -0.15) is 13.2 Å². The molecule has 0 radical (unpaired) electrons. The number of alkyl halides is 3. The van der Waals surface area contributed by atoms with Gasteiger partial charge in [0.1, 0.15) is 11.9 Å². The molecule has 0 unspecified atom stereocenters. The zero-order chi connectivity index (χ0) is 21.7. The number of fused-ring (bicyclic) bond motifs is 1. The van der Waals surface area contributed by atoms with E-state index in [-0.39, 0.29) is 5.56 Å². The molecule has 2 aromatic carbocycles. The topological polar surface area (TPSA) is 33.1 Å². The Morgan fingerprint density at radius 2 is 1.70 bits per heavy atom. The fraction of sp³-hybridized carbons (Fsp3) is 0.435. The van der Waals surface area contributed by atoms with E-state index in [1.165, 1.54) is 19.2 Å². The van der Waals surface area contributed by atoms with Crippen LogP contribution in [0.3, 0.4) is 0 Å². The minimum Gasteiger partial charge on any atom is -0.324 e. The second kappa shape index (κ2) is 9.62. The molecule has 0 saturated heterocycles. The van der Waals surface area contributed by atoms with Gasteiger partial charge in [0.25, 0.3) is 0 Å². The number of hydrogen-bond donors (Lipinski definition) is 1. The molecular weight excluding hydrogens is 389 g/mol. The fourth-order valence-electron chi connectivity index (χ4n) is 3.86. The number of rotatable bonds is 9. The van der Waals surface area contributed by atoms with E-state index in [4.69, 9.17) is 4.98 Å². The van der Waals surface area contributed by atoms with Crippen molar-refractivity contribution in [2.45, 2.75) is 39.0 Å². The Hall–Kier alpha value is -2.38. The minimum atomic E-state index is -4.34. The third-order valence-corrected chi connectivity index (χ3v) is 5.52. The van der Waals surface area contributed by atoms with E-state index in [0.29, 0.717) is 0 Å². The van der Waals surface area contributed by atoms with Crippen LogP contribution in [0.25, 0.3) is 22.4 Å². The van der Waals surface area contributed by atoms with Crippen LogP contribution in [0.1, 0.15) is 31.9 Å². The SMILES string of the molecule is CCN(CC)CCCn1c(-c2ccc([C@@H](NC)C(F)(F)F)cc2)nc2ccccc21. The Morgan fingerprint density at radius 3 is 2.30 bits per heavy atom. The first-order chi connectivity index (χ1) is 14.4. The van der Waals surface area contributed by atoms with Crippen LogP contribution in [0.5, 0.6) is 0 Å². The van der Waals surface area contributed by atoms with E-state index in [9.17, 15) is 13.2 Å². The summed E-state index contributed by atoms with van der Waals surface area (Å²) in [6, 6.07) is 12.8. The van der Waals surface area contributed by atoms with Gasteiger partial charge in [-0.3, -0.25) is 0 Å². The predicted octanol–water partition coefficient (Wildman–Crippen LogP) is 5.26. The molecule has 1 atom stereocenters. The maximum atomic E-state index is 13.2. The molecule has 162 valence electrons. The summed E-state index contributed by atoms with van der Waals surface area (Å²) in [4.78, 5) is 7.15. The average Bonchev–Trinajstić information content (AvgIpc) is 3.10. The van der Waals surface area contributed by atoms with Crippen molar-refractivity contribution < 1.29 is 13.2 Å². The maximum Gasteiger partial charge on any atom is 0.407 e. The van der Waals surface area contributed by atoms with E-state index < -0.39 is 12.2 Å². The van der Waals surface area contributed by atoms with Gasteiger partial charge in [-0.05, 0) is 50.8 Å². The summed E-state index contributed by atoms with van der Waals surface area (Å²) in [5.41, 5.74) is 2.94. The van der Waals surface area contributed by atoms with Gasteiger partial charge >= 0.3 is 6.18 Å². The molecular formula is C23H29F3N4. The van der Waals surface area contributed by atoms with Gasteiger partial charge in [-0.1, -0.05) is 50.2 Å². The minimum absolute atomic E-state index is 0.193. The van der Waals surface area contributed by atoms with Crippen molar-refractivity contribution in [2.75, 3.05) is 26.7 Å². The molecule has 1 N–H and O–H groups in total. The van der Waals surface area contributed by atoms with Gasteiger partial charge in [0.05, 0.1) is 11.0 Å². The zero-order valence-corrected chi connectivity index (χ0v) is 17.7. The van der Waals surface area contributed by atoms with Crippen molar-refractivity contribution in [3.8, 4) is 11.4 Å². The van der Waals surface area contributed by atoms with Gasteiger partial charge in [-0.15, -0.1) is 0 Å². The molecule has 0 aliphatic heterocycles. The van der Waals surface area contributed by atoms with Crippen LogP contribution in [0.2, 0.25) is 0 Å². The van der Waals surface area contributed by atoms with Crippen molar-refractivity contribution in [1.82, 2.24) is 19.8 Å². The van der Waals surface area contributed by atoms with Crippen LogP contribution in [-0.4, -0.2) is 47.3 Å². The monoisotopic (exact) mass is 418 g/mol. The van der Waals surface area contributed by atoms with E-state index in [2.05, 4.69) is 28.6 Å². The van der Waals surface area contributed by atoms with E-state index in [1.807, 2.05) is 24.3 Å². The Bertz CT molecular complexity index is 943. The Labute approximate surface area is 175 Å². The highest BCUT2D eigenvalue weighted by Gasteiger charge is 2.39. The zero-order valence-electron chi connectivity index (χ0n) is 17.7. The fourth-order valence-corrected chi connectivity index (χ4v) is 3.86. The summed E-state index contributed by atoms with van der Waals surface area (Å²) >= 11 is 0. The largest absolute Gasteiger partial charge is 0.407 e. The molecule has 0 aliphatic carbocycles. The summed E-state index contributed by atoms with van der Waals surface area (Å²) in [5.74, 6) is 0.787. The number of hydrogen-bond acceptors (Lipinski definition) is 3. The lowest BCUT2D eigenvalue weighted by atomic mass is 10.0. The molecule has 7 heteroatoms. The second-order valence-corrected chi connectivity index (χ2v) is 7.34. The molecule has 0 bridgehead atoms. The van der Waals surface area contributed by atoms with Gasteiger partial charge in [0.2, 0.25) is 0 Å². The normalized spacial score (nSPS) is 13.3. The molecule has 3 rings (SSSR count). The highest BCUT2D eigenvalue weighted by atomic mass is 19.4. The van der Waals surface area contributed by atoms with Crippen molar-refractivity contribution in [1.29, 1.82) is 0 Å². The quantitative estimate of drug-likeness (QED) is 0.515. The number of nitrogens with zero attached hydrogens (tertiary/aromatic N) is 3. The predicted molar refractivity (Wildman–Crippen MR) is 115 cm³/mol. The lowest BCUT2D eigenvalue weighted by Crippen LogP contribution is -2.31. The van der Waals surface area contributed by atoms with E-state index in [0.717, 1.165) is 55.0 Å². The smallest absolute Gasteiger partial charge is 0.324 e. The van der Waals surface area contributed by atoms with Crippen LogP contribution in [0.4, 0.5) is 13.2 Å². The highest BCUT2D eigenvalue weighted by molar-refractivity contribution is 5.80. The summed E-state index contributed by atoms with van der Waals surface area (Å²) in [6.07, 6.45) is -3.36. The first kappa shape index (κ1) is 22.3. The van der Waals surface area contributed by atoms with Gasteiger partial charge in [0, 0.05) is 12.1 Å². The third-order valence-electron chi connectivity index (χ3n) is 5.52. The van der Waals surface area contributed by atoms with Crippen LogP contribution >= 0.6 is 0 Å². The molecule has 1 heterocycles. The molecule has 0 amide bonds. The molecule has 1 aromatic heterocycles. The van der Waals surface area contributed by atoms with Crippen molar-refractivity contribution in [3.63, 3.8) is 0 Å². The number of aryl methyl sites for hydroxylation is 1. The standard InChI is InChI=1S/C23H29F3N4/c1-4-29(5-2)15-8-16-30-20-10-7-6-9-19(20)28-22(30)18-13-11-17(12-14-18)21(27-3)23(24,25)26/h6-7,9-14,21,27H,4-5,8,15-16H2,1-3H3/t21-/m1/s1. The number of aromatic nitrogens is 2. The molecule has 0 fully saturated rings. The first-order valence-electron chi connectivity index (χ1n) is 10.4. The summed E-state index contributed by atoms with van der Waals surface area (Å²) < 4.78 is 41.8. The van der Waals surface area contributed by atoms with Crippen molar-refractivity contribution >= 4 is 11.0 Å². The first-order valence-corrected chi connectivity index (χ1v) is 10.4. The van der Waals surface area contributed by atoms with Crippen LogP contribution in [0.15, 0.2) is 48.5 Å². The molecule has 3 aromatic rings. The molecule has 0 saturated carbocycles. The molecule has 30 heavy (non-hydrogen) atoms. The molecule has 0 spiro atoms.